The number of benzene rings is 1. The summed E-state index contributed by atoms with van der Waals surface area (Å²) >= 11 is 1.54. The van der Waals surface area contributed by atoms with Crippen molar-refractivity contribution < 1.29 is 14.3 Å². The molecule has 2 nitrogen and oxygen atoms in total. The molecule has 0 aliphatic rings. The number of carbonyl (C=O) groups is 1. The molecule has 4 heteroatoms. The zero-order chi connectivity index (χ0) is 13.0. The number of aliphatic carboxylic acids is 1. The molecule has 1 atom stereocenters. The van der Waals surface area contributed by atoms with Crippen LogP contribution < -0.4 is 0 Å². The highest BCUT2D eigenvalue weighted by molar-refractivity contribution is 7.07. The molecule has 0 aliphatic carbocycles. The van der Waals surface area contributed by atoms with Crippen molar-refractivity contribution in [3.8, 4) is 0 Å². The van der Waals surface area contributed by atoms with Crippen LogP contribution in [0.15, 0.2) is 41.1 Å². The van der Waals surface area contributed by atoms with Crippen molar-refractivity contribution in [3.05, 3.63) is 58.0 Å². The Kier molecular flexibility index (Phi) is 4.10. The summed E-state index contributed by atoms with van der Waals surface area (Å²) in [6.07, 6.45) is 0.658. The van der Waals surface area contributed by atoms with Crippen molar-refractivity contribution in [1.29, 1.82) is 0 Å². The molecule has 0 saturated carbocycles. The van der Waals surface area contributed by atoms with E-state index in [1.54, 1.807) is 18.2 Å². The van der Waals surface area contributed by atoms with Gasteiger partial charge in [0.1, 0.15) is 5.82 Å². The van der Waals surface area contributed by atoms with Crippen molar-refractivity contribution in [1.82, 2.24) is 0 Å². The lowest BCUT2D eigenvalue weighted by Crippen LogP contribution is -2.19. The van der Waals surface area contributed by atoms with Gasteiger partial charge >= 0.3 is 5.97 Å². The van der Waals surface area contributed by atoms with Gasteiger partial charge in [0.2, 0.25) is 0 Å². The van der Waals surface area contributed by atoms with Crippen LogP contribution in [-0.4, -0.2) is 11.1 Å². The summed E-state index contributed by atoms with van der Waals surface area (Å²) in [5, 5.41) is 13.0. The van der Waals surface area contributed by atoms with Gasteiger partial charge in [-0.15, -0.1) is 0 Å². The first-order chi connectivity index (χ1) is 8.66. The average Bonchev–Trinajstić information content (AvgIpc) is 2.83. The van der Waals surface area contributed by atoms with Gasteiger partial charge in [-0.25, -0.2) is 4.39 Å². The minimum atomic E-state index is -0.885. The lowest BCUT2D eigenvalue weighted by atomic mass is 9.93. The van der Waals surface area contributed by atoms with Gasteiger partial charge in [-0.05, 0) is 46.9 Å². The second-order valence-electron chi connectivity index (χ2n) is 4.17. The first kappa shape index (κ1) is 12.8. The molecule has 1 aromatic carbocycles. The zero-order valence-electron chi connectivity index (χ0n) is 9.67. The van der Waals surface area contributed by atoms with Crippen LogP contribution in [0.25, 0.3) is 0 Å². The van der Waals surface area contributed by atoms with Crippen molar-refractivity contribution in [3.63, 3.8) is 0 Å². The van der Waals surface area contributed by atoms with Crippen molar-refractivity contribution in [2.45, 2.75) is 12.8 Å². The van der Waals surface area contributed by atoms with Crippen LogP contribution in [0.1, 0.15) is 11.1 Å². The van der Waals surface area contributed by atoms with E-state index >= 15 is 0 Å². The maximum absolute atomic E-state index is 13.5. The fourth-order valence-corrected chi connectivity index (χ4v) is 2.55. The molecule has 0 fully saturated rings. The minimum Gasteiger partial charge on any atom is -0.481 e. The van der Waals surface area contributed by atoms with E-state index < -0.39 is 11.9 Å². The second kappa shape index (κ2) is 5.78. The average molecular weight is 264 g/mol. The Bertz CT molecular complexity index is 522. The van der Waals surface area contributed by atoms with Crippen LogP contribution in [0.5, 0.6) is 0 Å². The molecule has 0 bridgehead atoms. The van der Waals surface area contributed by atoms with Crippen molar-refractivity contribution in [2.75, 3.05) is 0 Å². The summed E-state index contributed by atoms with van der Waals surface area (Å²) in [5.41, 5.74) is 1.45. The lowest BCUT2D eigenvalue weighted by Gasteiger charge is -2.12. The Morgan fingerprint density at radius 1 is 1.28 bits per heavy atom. The van der Waals surface area contributed by atoms with E-state index in [0.29, 0.717) is 12.0 Å². The summed E-state index contributed by atoms with van der Waals surface area (Å²) in [6.45, 7) is 0. The standard InChI is InChI=1S/C14H13FO2S/c15-13-4-2-1-3-11(13)8-12(14(16)17)7-10-5-6-18-9-10/h1-6,9,12H,7-8H2,(H,16,17). The molecule has 94 valence electrons. The number of thiophene rings is 1. The van der Waals surface area contributed by atoms with E-state index in [1.807, 2.05) is 16.8 Å². The predicted octanol–water partition coefficient (Wildman–Crippen LogP) is 3.37. The van der Waals surface area contributed by atoms with Gasteiger partial charge in [0, 0.05) is 0 Å². The molecule has 2 aromatic rings. The maximum atomic E-state index is 13.5. The Labute approximate surface area is 109 Å². The largest absolute Gasteiger partial charge is 0.481 e. The number of hydrogen-bond acceptors (Lipinski definition) is 2. The van der Waals surface area contributed by atoms with Gasteiger partial charge in [0.15, 0.2) is 0 Å². The fraction of sp³-hybridized carbons (Fsp3) is 0.214. The molecule has 0 spiro atoms. The molecule has 1 N–H and O–H groups in total. The van der Waals surface area contributed by atoms with E-state index in [4.69, 9.17) is 0 Å². The molecule has 0 amide bonds. The Morgan fingerprint density at radius 3 is 2.67 bits per heavy atom. The second-order valence-corrected chi connectivity index (χ2v) is 4.95. The molecule has 1 unspecified atom stereocenters. The Morgan fingerprint density at radius 2 is 2.06 bits per heavy atom. The van der Waals surface area contributed by atoms with E-state index in [-0.39, 0.29) is 12.2 Å². The van der Waals surface area contributed by atoms with Crippen LogP contribution in [0, 0.1) is 11.7 Å². The SMILES string of the molecule is O=C(O)C(Cc1ccsc1)Cc1ccccc1F. The summed E-state index contributed by atoms with van der Waals surface area (Å²) in [6, 6.07) is 8.23. The van der Waals surface area contributed by atoms with Crippen LogP contribution in [-0.2, 0) is 17.6 Å². The topological polar surface area (TPSA) is 37.3 Å². The van der Waals surface area contributed by atoms with Crippen LogP contribution in [0.2, 0.25) is 0 Å². The third kappa shape index (κ3) is 3.17. The van der Waals surface area contributed by atoms with E-state index in [0.717, 1.165) is 5.56 Å². The molecule has 1 aromatic heterocycles. The lowest BCUT2D eigenvalue weighted by molar-refractivity contribution is -0.141. The van der Waals surface area contributed by atoms with Crippen LogP contribution in [0.3, 0.4) is 0 Å². The summed E-state index contributed by atoms with van der Waals surface area (Å²) < 4.78 is 13.5. The van der Waals surface area contributed by atoms with Gasteiger partial charge in [0.25, 0.3) is 0 Å². The van der Waals surface area contributed by atoms with Gasteiger partial charge in [0.05, 0.1) is 5.92 Å². The highest BCUT2D eigenvalue weighted by atomic mass is 32.1. The zero-order valence-corrected chi connectivity index (χ0v) is 10.5. The quantitative estimate of drug-likeness (QED) is 0.899. The van der Waals surface area contributed by atoms with E-state index in [1.165, 1.54) is 17.4 Å². The van der Waals surface area contributed by atoms with E-state index in [2.05, 4.69) is 0 Å². The first-order valence-electron chi connectivity index (χ1n) is 5.64. The van der Waals surface area contributed by atoms with Crippen LogP contribution in [0.4, 0.5) is 4.39 Å². The molecule has 1 heterocycles. The minimum absolute atomic E-state index is 0.220. The van der Waals surface area contributed by atoms with E-state index in [9.17, 15) is 14.3 Å². The highest BCUT2D eigenvalue weighted by Gasteiger charge is 2.20. The number of carboxylic acid groups (broad SMARTS) is 1. The number of halogens is 1. The predicted molar refractivity (Wildman–Crippen MR) is 69.3 cm³/mol. The highest BCUT2D eigenvalue weighted by Crippen LogP contribution is 2.18. The van der Waals surface area contributed by atoms with Gasteiger partial charge in [-0.1, -0.05) is 18.2 Å². The summed E-state index contributed by atoms with van der Waals surface area (Å²) in [5.74, 6) is -1.81. The van der Waals surface area contributed by atoms with Crippen molar-refractivity contribution in [2.24, 2.45) is 5.92 Å². The fourth-order valence-electron chi connectivity index (χ4n) is 1.87. The Balaban J connectivity index is 2.12. The molecule has 0 radical (unpaired) electrons. The van der Waals surface area contributed by atoms with Gasteiger partial charge in [-0.2, -0.15) is 11.3 Å². The molecule has 18 heavy (non-hydrogen) atoms. The number of hydrogen-bond donors (Lipinski definition) is 1. The number of rotatable bonds is 5. The molecule has 0 aliphatic heterocycles. The first-order valence-corrected chi connectivity index (χ1v) is 6.58. The molecule has 0 saturated heterocycles. The van der Waals surface area contributed by atoms with Crippen LogP contribution >= 0.6 is 11.3 Å². The third-order valence-electron chi connectivity index (χ3n) is 2.84. The monoisotopic (exact) mass is 264 g/mol. The maximum Gasteiger partial charge on any atom is 0.307 e. The molecular formula is C14H13FO2S. The smallest absolute Gasteiger partial charge is 0.307 e. The van der Waals surface area contributed by atoms with Crippen molar-refractivity contribution >= 4 is 17.3 Å². The summed E-state index contributed by atoms with van der Waals surface area (Å²) in [7, 11) is 0. The third-order valence-corrected chi connectivity index (χ3v) is 3.57. The van der Waals surface area contributed by atoms with Gasteiger partial charge < -0.3 is 5.11 Å². The molecular weight excluding hydrogens is 251 g/mol. The normalized spacial score (nSPS) is 12.3. The van der Waals surface area contributed by atoms with Gasteiger partial charge in [-0.3, -0.25) is 4.79 Å². The molecule has 2 rings (SSSR count). The Hall–Kier alpha value is -1.68. The summed E-state index contributed by atoms with van der Waals surface area (Å²) in [4.78, 5) is 11.2. The number of carboxylic acids is 1.